The number of carbonyl (C=O) groups is 1. The first-order chi connectivity index (χ1) is 7.31. The quantitative estimate of drug-likeness (QED) is 0.700. The van der Waals surface area contributed by atoms with Gasteiger partial charge in [0, 0.05) is 11.6 Å². The molecule has 2 rings (SSSR count). The van der Waals surface area contributed by atoms with E-state index in [4.69, 9.17) is 4.74 Å². The third-order valence-electron chi connectivity index (χ3n) is 2.12. The molecule has 0 N–H and O–H groups in total. The monoisotopic (exact) mass is 201 g/mol. The molecule has 0 bridgehead atoms. The van der Waals surface area contributed by atoms with Crippen LogP contribution in [0.2, 0.25) is 0 Å². The molecule has 0 amide bonds. The van der Waals surface area contributed by atoms with Crippen LogP contribution in [-0.4, -0.2) is 17.6 Å². The number of carbonyl (C=O) groups excluding carboxylic acids is 1. The van der Waals surface area contributed by atoms with Crippen molar-refractivity contribution in [2.45, 2.75) is 6.92 Å². The summed E-state index contributed by atoms with van der Waals surface area (Å²) < 4.78 is 4.88. The first kappa shape index (κ1) is 9.65. The number of esters is 1. The maximum atomic E-state index is 11.4. The molecule has 3 heteroatoms. The van der Waals surface area contributed by atoms with Crippen LogP contribution in [0.4, 0.5) is 0 Å². The van der Waals surface area contributed by atoms with Gasteiger partial charge < -0.3 is 4.74 Å². The number of hydrogen-bond acceptors (Lipinski definition) is 3. The van der Waals surface area contributed by atoms with Crippen LogP contribution < -0.4 is 0 Å². The normalized spacial score (nSPS) is 10.2. The highest BCUT2D eigenvalue weighted by molar-refractivity contribution is 5.92. The maximum Gasteiger partial charge on any atom is 0.356 e. The van der Waals surface area contributed by atoms with Gasteiger partial charge in [-0.3, -0.25) is 0 Å². The zero-order chi connectivity index (χ0) is 10.7. The minimum Gasteiger partial charge on any atom is -0.461 e. The summed E-state index contributed by atoms with van der Waals surface area (Å²) in [6.07, 6.45) is 1.68. The molecule has 1 aromatic carbocycles. The summed E-state index contributed by atoms with van der Waals surface area (Å²) >= 11 is 0. The highest BCUT2D eigenvalue weighted by atomic mass is 16.5. The molecule has 0 saturated carbocycles. The topological polar surface area (TPSA) is 39.2 Å². The fraction of sp³-hybridized carbons (Fsp3) is 0.167. The van der Waals surface area contributed by atoms with Crippen molar-refractivity contribution in [3.05, 3.63) is 42.2 Å². The van der Waals surface area contributed by atoms with Gasteiger partial charge in [-0.2, -0.15) is 0 Å². The predicted molar refractivity (Wildman–Crippen MR) is 57.7 cm³/mol. The standard InChI is InChI=1S/C12H11NO2/c1-2-15-12(14)11-7-9-5-3-4-6-10(9)8-13-11/h3-8H,2H2,1H3. The lowest BCUT2D eigenvalue weighted by molar-refractivity contribution is 0.0520. The van der Waals surface area contributed by atoms with Gasteiger partial charge in [0.1, 0.15) is 5.69 Å². The van der Waals surface area contributed by atoms with E-state index in [9.17, 15) is 4.79 Å². The molecular weight excluding hydrogens is 190 g/mol. The molecule has 0 fully saturated rings. The summed E-state index contributed by atoms with van der Waals surface area (Å²) in [5.74, 6) is -0.372. The lowest BCUT2D eigenvalue weighted by Gasteiger charge is -2.02. The van der Waals surface area contributed by atoms with Gasteiger partial charge in [0.15, 0.2) is 0 Å². The number of pyridine rings is 1. The van der Waals surface area contributed by atoms with Crippen LogP contribution in [0.1, 0.15) is 17.4 Å². The van der Waals surface area contributed by atoms with Gasteiger partial charge in [-0.25, -0.2) is 9.78 Å². The summed E-state index contributed by atoms with van der Waals surface area (Å²) in [4.78, 5) is 15.5. The van der Waals surface area contributed by atoms with Crippen LogP contribution >= 0.6 is 0 Å². The van der Waals surface area contributed by atoms with E-state index in [0.717, 1.165) is 10.8 Å². The molecule has 0 aliphatic heterocycles. The molecule has 0 saturated heterocycles. The average Bonchev–Trinajstić information content (AvgIpc) is 2.29. The Balaban J connectivity index is 2.42. The molecule has 0 unspecified atom stereocenters. The Bertz CT molecular complexity index is 494. The lowest BCUT2D eigenvalue weighted by Crippen LogP contribution is -2.06. The summed E-state index contributed by atoms with van der Waals surface area (Å²) in [7, 11) is 0. The second-order valence-corrected chi connectivity index (χ2v) is 3.14. The number of rotatable bonds is 2. The number of aromatic nitrogens is 1. The van der Waals surface area contributed by atoms with Crippen LogP contribution in [0.5, 0.6) is 0 Å². The highest BCUT2D eigenvalue weighted by Crippen LogP contribution is 2.13. The molecule has 1 aromatic heterocycles. The molecule has 0 radical (unpaired) electrons. The lowest BCUT2D eigenvalue weighted by atomic mass is 10.1. The minimum absolute atomic E-state index is 0.357. The van der Waals surface area contributed by atoms with Gasteiger partial charge in [-0.1, -0.05) is 24.3 Å². The number of ether oxygens (including phenoxy) is 1. The molecule has 0 atom stereocenters. The van der Waals surface area contributed by atoms with Crippen LogP contribution in [0.25, 0.3) is 10.8 Å². The number of hydrogen-bond donors (Lipinski definition) is 0. The first-order valence-electron chi connectivity index (χ1n) is 4.83. The Hall–Kier alpha value is -1.90. The molecular formula is C12H11NO2. The number of fused-ring (bicyclic) bond motifs is 1. The third-order valence-corrected chi connectivity index (χ3v) is 2.12. The molecule has 0 aliphatic carbocycles. The van der Waals surface area contributed by atoms with Crippen molar-refractivity contribution in [3.8, 4) is 0 Å². The SMILES string of the molecule is CCOC(=O)c1cc2ccccc2cn1. The predicted octanol–water partition coefficient (Wildman–Crippen LogP) is 2.41. The van der Waals surface area contributed by atoms with E-state index >= 15 is 0 Å². The van der Waals surface area contributed by atoms with Crippen molar-refractivity contribution < 1.29 is 9.53 Å². The molecule has 15 heavy (non-hydrogen) atoms. The van der Waals surface area contributed by atoms with Crippen molar-refractivity contribution in [2.24, 2.45) is 0 Å². The fourth-order valence-electron chi connectivity index (χ4n) is 1.40. The summed E-state index contributed by atoms with van der Waals surface area (Å²) in [5.41, 5.74) is 0.357. The van der Waals surface area contributed by atoms with Gasteiger partial charge in [-0.05, 0) is 18.4 Å². The van der Waals surface area contributed by atoms with E-state index in [-0.39, 0.29) is 5.97 Å². The summed E-state index contributed by atoms with van der Waals surface area (Å²) in [6, 6.07) is 9.51. The zero-order valence-electron chi connectivity index (χ0n) is 8.43. The van der Waals surface area contributed by atoms with Gasteiger partial charge in [0.25, 0.3) is 0 Å². The van der Waals surface area contributed by atoms with Crippen LogP contribution in [0.15, 0.2) is 36.5 Å². The molecule has 1 heterocycles. The average molecular weight is 201 g/mol. The van der Waals surface area contributed by atoms with E-state index < -0.39 is 0 Å². The second kappa shape index (κ2) is 4.09. The number of nitrogens with zero attached hydrogens (tertiary/aromatic N) is 1. The smallest absolute Gasteiger partial charge is 0.356 e. The van der Waals surface area contributed by atoms with Crippen molar-refractivity contribution in [1.82, 2.24) is 4.98 Å². The van der Waals surface area contributed by atoms with Gasteiger partial charge in [-0.15, -0.1) is 0 Å². The molecule has 0 spiro atoms. The zero-order valence-corrected chi connectivity index (χ0v) is 8.43. The van der Waals surface area contributed by atoms with Crippen molar-refractivity contribution in [3.63, 3.8) is 0 Å². The van der Waals surface area contributed by atoms with Gasteiger partial charge >= 0.3 is 5.97 Å². The van der Waals surface area contributed by atoms with E-state index in [1.165, 1.54) is 0 Å². The van der Waals surface area contributed by atoms with Gasteiger partial charge in [0.05, 0.1) is 6.61 Å². The van der Waals surface area contributed by atoms with Crippen LogP contribution in [0.3, 0.4) is 0 Å². The maximum absolute atomic E-state index is 11.4. The Labute approximate surface area is 87.7 Å². The van der Waals surface area contributed by atoms with Gasteiger partial charge in [0.2, 0.25) is 0 Å². The summed E-state index contributed by atoms with van der Waals surface area (Å²) in [5, 5.41) is 2.01. The van der Waals surface area contributed by atoms with Crippen molar-refractivity contribution >= 4 is 16.7 Å². The van der Waals surface area contributed by atoms with Crippen molar-refractivity contribution in [2.75, 3.05) is 6.61 Å². The minimum atomic E-state index is -0.372. The Morgan fingerprint density at radius 3 is 2.80 bits per heavy atom. The third kappa shape index (κ3) is 1.96. The first-order valence-corrected chi connectivity index (χ1v) is 4.83. The van der Waals surface area contributed by atoms with E-state index in [0.29, 0.717) is 12.3 Å². The summed E-state index contributed by atoms with van der Waals surface area (Å²) in [6.45, 7) is 2.15. The Morgan fingerprint density at radius 1 is 1.33 bits per heavy atom. The van der Waals surface area contributed by atoms with Crippen LogP contribution in [0, 0.1) is 0 Å². The van der Waals surface area contributed by atoms with Crippen molar-refractivity contribution in [1.29, 1.82) is 0 Å². The highest BCUT2D eigenvalue weighted by Gasteiger charge is 2.07. The fourth-order valence-corrected chi connectivity index (χ4v) is 1.40. The van der Waals surface area contributed by atoms with E-state index in [2.05, 4.69) is 4.98 Å². The molecule has 0 aliphatic rings. The van der Waals surface area contributed by atoms with E-state index in [1.54, 1.807) is 19.2 Å². The molecule has 2 aromatic rings. The number of benzene rings is 1. The molecule has 76 valence electrons. The van der Waals surface area contributed by atoms with E-state index in [1.807, 2.05) is 24.3 Å². The molecule has 3 nitrogen and oxygen atoms in total. The Morgan fingerprint density at radius 2 is 2.07 bits per heavy atom. The second-order valence-electron chi connectivity index (χ2n) is 3.14. The Kier molecular flexibility index (Phi) is 2.63. The van der Waals surface area contributed by atoms with Crippen LogP contribution in [-0.2, 0) is 4.74 Å². The largest absolute Gasteiger partial charge is 0.461 e.